The van der Waals surface area contributed by atoms with Crippen LogP contribution in [-0.4, -0.2) is 24.5 Å². The van der Waals surface area contributed by atoms with Gasteiger partial charge in [-0.2, -0.15) is 0 Å². The molecule has 25 heavy (non-hydrogen) atoms. The van der Waals surface area contributed by atoms with E-state index in [9.17, 15) is 9.90 Å². The maximum atomic E-state index is 11.3. The number of hydrogen-bond acceptors (Lipinski definition) is 5. The predicted molar refractivity (Wildman–Crippen MR) is 90.0 cm³/mol. The first-order chi connectivity index (χ1) is 12.2. The van der Waals surface area contributed by atoms with Gasteiger partial charge in [-0.25, -0.2) is 0 Å². The first-order valence-electron chi connectivity index (χ1n) is 8.29. The Kier molecular flexibility index (Phi) is 4.19. The average Bonchev–Trinajstić information content (AvgIpc) is 3.26. The van der Waals surface area contributed by atoms with E-state index in [0.717, 1.165) is 23.3 Å². The molecule has 0 aromatic heterocycles. The molecule has 2 heterocycles. The molecule has 0 amide bonds. The molecule has 2 aromatic rings. The fraction of sp³-hybridized carbons (Fsp3) is 0.316. The number of fused-ring (bicyclic) bond motifs is 2. The van der Waals surface area contributed by atoms with Crippen LogP contribution in [0.1, 0.15) is 29.2 Å². The summed E-state index contributed by atoms with van der Waals surface area (Å²) in [5.74, 6) is 1.41. The van der Waals surface area contributed by atoms with E-state index in [4.69, 9.17) is 14.2 Å². The van der Waals surface area contributed by atoms with Crippen molar-refractivity contribution in [1.82, 2.24) is 5.32 Å². The lowest BCUT2D eigenvalue weighted by atomic mass is 10.0. The van der Waals surface area contributed by atoms with Gasteiger partial charge in [0.2, 0.25) is 6.79 Å². The molecule has 0 bridgehead atoms. The first kappa shape index (κ1) is 15.8. The highest BCUT2D eigenvalue weighted by Gasteiger charge is 2.21. The van der Waals surface area contributed by atoms with Crippen molar-refractivity contribution < 1.29 is 24.1 Å². The van der Waals surface area contributed by atoms with Gasteiger partial charge in [-0.05, 0) is 23.3 Å². The van der Waals surface area contributed by atoms with Crippen LogP contribution in [0.2, 0.25) is 0 Å². The van der Waals surface area contributed by atoms with Crippen LogP contribution in [-0.2, 0) is 17.8 Å². The number of carbonyl (C=O) groups is 1. The Morgan fingerprint density at radius 1 is 1.16 bits per heavy atom. The molecule has 0 fully saturated rings. The summed E-state index contributed by atoms with van der Waals surface area (Å²) in [7, 11) is 0. The van der Waals surface area contributed by atoms with Gasteiger partial charge in [0.05, 0.1) is 13.0 Å². The van der Waals surface area contributed by atoms with E-state index in [1.165, 1.54) is 5.56 Å². The predicted octanol–water partition coefficient (Wildman–Crippen LogP) is 2.66. The molecule has 2 aromatic carbocycles. The summed E-state index contributed by atoms with van der Waals surface area (Å²) < 4.78 is 16.4. The zero-order chi connectivity index (χ0) is 17.2. The van der Waals surface area contributed by atoms with Crippen LogP contribution in [0.4, 0.5) is 0 Å². The van der Waals surface area contributed by atoms with Crippen molar-refractivity contribution in [2.45, 2.75) is 25.4 Å². The lowest BCUT2D eigenvalue weighted by Crippen LogP contribution is -2.23. The second-order valence-corrected chi connectivity index (χ2v) is 6.15. The molecular formula is C19H19NO5. The summed E-state index contributed by atoms with van der Waals surface area (Å²) >= 11 is 0. The number of nitrogens with one attached hydrogen (secondary N) is 1. The number of carboxylic acids is 1. The Morgan fingerprint density at radius 2 is 2.04 bits per heavy atom. The van der Waals surface area contributed by atoms with Crippen LogP contribution < -0.4 is 19.5 Å². The number of rotatable bonds is 6. The molecule has 2 N–H and O–H groups in total. The van der Waals surface area contributed by atoms with E-state index in [2.05, 4.69) is 11.4 Å². The summed E-state index contributed by atoms with van der Waals surface area (Å²) in [5, 5.41) is 12.6. The maximum absolute atomic E-state index is 11.3. The Morgan fingerprint density at radius 3 is 2.92 bits per heavy atom. The summed E-state index contributed by atoms with van der Waals surface area (Å²) in [6, 6.07) is 11.3. The molecular weight excluding hydrogens is 322 g/mol. The minimum Gasteiger partial charge on any atom is -0.493 e. The van der Waals surface area contributed by atoms with Crippen molar-refractivity contribution in [3.05, 3.63) is 53.1 Å². The normalized spacial score (nSPS) is 15.5. The van der Waals surface area contributed by atoms with Crippen molar-refractivity contribution in [3.63, 3.8) is 0 Å². The second-order valence-electron chi connectivity index (χ2n) is 6.15. The average molecular weight is 341 g/mol. The highest BCUT2D eigenvalue weighted by Crippen LogP contribution is 2.35. The molecule has 6 heteroatoms. The molecule has 0 radical (unpaired) electrons. The highest BCUT2D eigenvalue weighted by molar-refractivity contribution is 5.68. The molecule has 2 aliphatic heterocycles. The number of para-hydroxylation sites is 1. The van der Waals surface area contributed by atoms with Gasteiger partial charge in [-0.15, -0.1) is 0 Å². The van der Waals surface area contributed by atoms with Crippen molar-refractivity contribution in [3.8, 4) is 17.2 Å². The van der Waals surface area contributed by atoms with Crippen molar-refractivity contribution in [2.24, 2.45) is 0 Å². The number of carboxylic acid groups (broad SMARTS) is 1. The molecule has 0 saturated heterocycles. The van der Waals surface area contributed by atoms with Crippen molar-refractivity contribution >= 4 is 5.97 Å². The summed E-state index contributed by atoms with van der Waals surface area (Å²) in [6.45, 7) is 1.44. The lowest BCUT2D eigenvalue weighted by Gasteiger charge is -2.19. The Balaban J connectivity index is 1.54. The Labute approximate surface area is 145 Å². The third-order valence-electron chi connectivity index (χ3n) is 4.51. The van der Waals surface area contributed by atoms with Crippen LogP contribution in [0.25, 0.3) is 0 Å². The van der Waals surface area contributed by atoms with E-state index < -0.39 is 5.97 Å². The van der Waals surface area contributed by atoms with Crippen LogP contribution in [0.15, 0.2) is 36.4 Å². The van der Waals surface area contributed by atoms with Gasteiger partial charge in [-0.1, -0.05) is 24.3 Å². The number of ether oxygens (including phenoxy) is 3. The van der Waals surface area contributed by atoms with Crippen molar-refractivity contribution in [2.75, 3.05) is 13.4 Å². The van der Waals surface area contributed by atoms with Gasteiger partial charge in [0.1, 0.15) is 5.75 Å². The SMILES string of the molecule is O=C(O)C[C@H](NCc1cccc2c1OCC2)c1ccc2c(c1)OCO2. The lowest BCUT2D eigenvalue weighted by molar-refractivity contribution is -0.137. The third-order valence-corrected chi connectivity index (χ3v) is 4.51. The van der Waals surface area contributed by atoms with Gasteiger partial charge in [-0.3, -0.25) is 4.79 Å². The van der Waals surface area contributed by atoms with E-state index in [1.807, 2.05) is 30.3 Å². The van der Waals surface area contributed by atoms with Crippen LogP contribution in [0.3, 0.4) is 0 Å². The molecule has 0 aliphatic carbocycles. The van der Waals surface area contributed by atoms with E-state index in [-0.39, 0.29) is 19.3 Å². The molecule has 6 nitrogen and oxygen atoms in total. The zero-order valence-electron chi connectivity index (χ0n) is 13.7. The highest BCUT2D eigenvalue weighted by atomic mass is 16.7. The molecule has 0 spiro atoms. The largest absolute Gasteiger partial charge is 0.493 e. The fourth-order valence-electron chi connectivity index (χ4n) is 3.27. The van der Waals surface area contributed by atoms with Gasteiger partial charge in [0.25, 0.3) is 0 Å². The summed E-state index contributed by atoms with van der Waals surface area (Å²) in [6.07, 6.45) is 0.902. The Bertz CT molecular complexity index is 804. The molecule has 4 rings (SSSR count). The standard InChI is InChI=1S/C19H19NO5/c21-18(22)9-15(13-4-5-16-17(8-13)25-11-24-16)20-10-14-3-1-2-12-6-7-23-19(12)14/h1-5,8,15,20H,6-7,9-11H2,(H,21,22)/t15-/m0/s1. The number of aliphatic carboxylic acids is 1. The minimum atomic E-state index is -0.857. The molecule has 2 aliphatic rings. The van der Waals surface area contributed by atoms with Gasteiger partial charge >= 0.3 is 5.97 Å². The minimum absolute atomic E-state index is 0.0183. The van der Waals surface area contributed by atoms with E-state index >= 15 is 0 Å². The van der Waals surface area contributed by atoms with Crippen LogP contribution in [0, 0.1) is 0 Å². The molecule has 1 atom stereocenters. The molecule has 0 unspecified atom stereocenters. The van der Waals surface area contributed by atoms with E-state index in [1.54, 1.807) is 0 Å². The number of hydrogen-bond donors (Lipinski definition) is 2. The van der Waals surface area contributed by atoms with Gasteiger partial charge < -0.3 is 24.6 Å². The van der Waals surface area contributed by atoms with Gasteiger partial charge in [0, 0.05) is 24.6 Å². The number of benzene rings is 2. The topological polar surface area (TPSA) is 77.0 Å². The first-order valence-corrected chi connectivity index (χ1v) is 8.29. The summed E-state index contributed by atoms with van der Waals surface area (Å²) in [5.41, 5.74) is 3.11. The zero-order valence-corrected chi connectivity index (χ0v) is 13.7. The quantitative estimate of drug-likeness (QED) is 0.841. The second kappa shape index (κ2) is 6.64. The monoisotopic (exact) mass is 341 g/mol. The molecule has 0 saturated carbocycles. The molecule has 130 valence electrons. The van der Waals surface area contributed by atoms with E-state index in [0.29, 0.717) is 24.7 Å². The summed E-state index contributed by atoms with van der Waals surface area (Å²) in [4.78, 5) is 11.3. The van der Waals surface area contributed by atoms with Gasteiger partial charge in [0.15, 0.2) is 11.5 Å². The van der Waals surface area contributed by atoms with Crippen LogP contribution in [0.5, 0.6) is 17.2 Å². The Hall–Kier alpha value is -2.73. The fourth-order valence-corrected chi connectivity index (χ4v) is 3.27. The van der Waals surface area contributed by atoms with Crippen molar-refractivity contribution in [1.29, 1.82) is 0 Å². The van der Waals surface area contributed by atoms with Crippen LogP contribution >= 0.6 is 0 Å². The smallest absolute Gasteiger partial charge is 0.305 e. The third kappa shape index (κ3) is 3.25. The maximum Gasteiger partial charge on any atom is 0.305 e.